The largest absolute Gasteiger partial charge is 0.480 e. The van der Waals surface area contributed by atoms with Crippen molar-refractivity contribution < 1.29 is 4.74 Å². The number of hydrogen-bond acceptors (Lipinski definition) is 6. The lowest BCUT2D eigenvalue weighted by atomic mass is 10.1. The van der Waals surface area contributed by atoms with Gasteiger partial charge in [0.05, 0.1) is 7.11 Å². The molecule has 0 saturated carbocycles. The number of rotatable bonds is 2. The number of methoxy groups -OCH3 is 1. The highest BCUT2D eigenvalue weighted by molar-refractivity contribution is 5.49. The van der Waals surface area contributed by atoms with Crippen LogP contribution in [0.25, 0.3) is 11.5 Å². The lowest BCUT2D eigenvalue weighted by Gasteiger charge is -2.11. The summed E-state index contributed by atoms with van der Waals surface area (Å²) < 4.78 is 5.00. The molecule has 0 amide bonds. The van der Waals surface area contributed by atoms with Crippen molar-refractivity contribution in [3.8, 4) is 17.4 Å². The number of ether oxygens (including phenoxy) is 1. The summed E-state index contributed by atoms with van der Waals surface area (Å²) in [6.07, 6.45) is 6.03. The van der Waals surface area contributed by atoms with Gasteiger partial charge in [-0.1, -0.05) is 6.42 Å². The van der Waals surface area contributed by atoms with Crippen molar-refractivity contribution in [2.45, 2.75) is 31.7 Å². The van der Waals surface area contributed by atoms with E-state index in [2.05, 4.69) is 20.2 Å². The van der Waals surface area contributed by atoms with Crippen molar-refractivity contribution in [1.82, 2.24) is 20.2 Å². The Morgan fingerprint density at radius 2 is 2.15 bits per heavy atom. The molecule has 1 unspecified atom stereocenters. The molecule has 6 heteroatoms. The number of aryl methyl sites for hydroxylation is 1. The topological polar surface area (TPSA) is 86.8 Å². The van der Waals surface area contributed by atoms with Crippen molar-refractivity contribution in [2.75, 3.05) is 7.11 Å². The van der Waals surface area contributed by atoms with Gasteiger partial charge in [0.25, 0.3) is 0 Å². The molecule has 2 aromatic rings. The molecule has 0 fully saturated rings. The standard InChI is InChI=1S/C14H17N5O/c1-20-13-7-6-12(18-19-13)14-16-8-9-10(15)4-2-3-5-11(9)17-14/h6-8,10H,2-5,15H2,1H3. The van der Waals surface area contributed by atoms with Crippen molar-refractivity contribution >= 4 is 0 Å². The molecule has 0 bridgehead atoms. The van der Waals surface area contributed by atoms with Crippen LogP contribution in [0.15, 0.2) is 18.3 Å². The Bertz CT molecular complexity index is 599. The molecule has 2 heterocycles. The smallest absolute Gasteiger partial charge is 0.233 e. The van der Waals surface area contributed by atoms with Crippen LogP contribution in [0, 0.1) is 0 Å². The van der Waals surface area contributed by atoms with Gasteiger partial charge in [-0.3, -0.25) is 0 Å². The van der Waals surface area contributed by atoms with E-state index in [1.54, 1.807) is 13.2 Å². The summed E-state index contributed by atoms with van der Waals surface area (Å²) >= 11 is 0. The number of hydrogen-bond donors (Lipinski definition) is 1. The zero-order valence-electron chi connectivity index (χ0n) is 11.4. The molecule has 1 aliphatic carbocycles. The molecule has 0 spiro atoms. The van der Waals surface area contributed by atoms with Crippen molar-refractivity contribution in [3.63, 3.8) is 0 Å². The molecule has 1 aliphatic rings. The van der Waals surface area contributed by atoms with Crippen molar-refractivity contribution in [3.05, 3.63) is 29.6 Å². The molecule has 2 aromatic heterocycles. The fourth-order valence-electron chi connectivity index (χ4n) is 2.42. The molecule has 0 aliphatic heterocycles. The highest BCUT2D eigenvalue weighted by atomic mass is 16.5. The van der Waals surface area contributed by atoms with Gasteiger partial charge in [0.1, 0.15) is 5.69 Å². The number of nitrogens with zero attached hydrogens (tertiary/aromatic N) is 4. The van der Waals surface area contributed by atoms with Gasteiger partial charge in [0.15, 0.2) is 5.82 Å². The van der Waals surface area contributed by atoms with E-state index < -0.39 is 0 Å². The molecule has 0 saturated heterocycles. The van der Waals surface area contributed by atoms with E-state index in [9.17, 15) is 0 Å². The fourth-order valence-corrected chi connectivity index (χ4v) is 2.42. The highest BCUT2D eigenvalue weighted by Gasteiger charge is 2.18. The third-order valence-electron chi connectivity index (χ3n) is 3.56. The summed E-state index contributed by atoms with van der Waals surface area (Å²) in [4.78, 5) is 8.99. The van der Waals surface area contributed by atoms with Crippen molar-refractivity contribution in [2.24, 2.45) is 5.73 Å². The average molecular weight is 271 g/mol. The Morgan fingerprint density at radius 1 is 1.25 bits per heavy atom. The molecule has 2 N–H and O–H groups in total. The second kappa shape index (κ2) is 5.50. The van der Waals surface area contributed by atoms with Gasteiger partial charge in [-0.25, -0.2) is 9.97 Å². The first-order chi connectivity index (χ1) is 9.78. The van der Waals surface area contributed by atoms with Crippen molar-refractivity contribution in [1.29, 1.82) is 0 Å². The second-order valence-corrected chi connectivity index (χ2v) is 4.91. The van der Waals surface area contributed by atoms with Gasteiger partial charge >= 0.3 is 0 Å². The maximum atomic E-state index is 6.15. The second-order valence-electron chi connectivity index (χ2n) is 4.91. The zero-order chi connectivity index (χ0) is 13.9. The monoisotopic (exact) mass is 271 g/mol. The third kappa shape index (κ3) is 2.46. The Kier molecular flexibility index (Phi) is 3.56. The Hall–Kier alpha value is -2.08. The van der Waals surface area contributed by atoms with Crippen LogP contribution in [0.1, 0.15) is 36.6 Å². The van der Waals surface area contributed by atoms with Gasteiger partial charge in [0.2, 0.25) is 5.88 Å². The molecule has 20 heavy (non-hydrogen) atoms. The molecule has 6 nitrogen and oxygen atoms in total. The summed E-state index contributed by atoms with van der Waals surface area (Å²) in [7, 11) is 1.56. The SMILES string of the molecule is COc1ccc(-c2ncc3c(n2)CCCCC3N)nn1. The van der Waals surface area contributed by atoms with Gasteiger partial charge < -0.3 is 10.5 Å². The first-order valence-electron chi connectivity index (χ1n) is 6.77. The third-order valence-corrected chi connectivity index (χ3v) is 3.56. The van der Waals surface area contributed by atoms with Crippen LogP contribution in [-0.2, 0) is 6.42 Å². The maximum absolute atomic E-state index is 6.15. The van der Waals surface area contributed by atoms with Crippen LogP contribution >= 0.6 is 0 Å². The minimum atomic E-state index is 0.0449. The normalized spacial score (nSPS) is 18.2. The fraction of sp³-hybridized carbons (Fsp3) is 0.429. The van der Waals surface area contributed by atoms with Gasteiger partial charge in [-0.15, -0.1) is 10.2 Å². The molecule has 0 radical (unpaired) electrons. The van der Waals surface area contributed by atoms with Crippen LogP contribution in [0.3, 0.4) is 0 Å². The predicted octanol–water partition coefficient (Wildman–Crippen LogP) is 1.67. The summed E-state index contributed by atoms with van der Waals surface area (Å²) in [5.41, 5.74) is 8.90. The average Bonchev–Trinajstić information content (AvgIpc) is 2.69. The predicted molar refractivity (Wildman–Crippen MR) is 74.1 cm³/mol. The Balaban J connectivity index is 1.96. The van der Waals surface area contributed by atoms with Crippen LogP contribution < -0.4 is 10.5 Å². The van der Waals surface area contributed by atoms with Crippen LogP contribution in [-0.4, -0.2) is 27.3 Å². The number of aromatic nitrogens is 4. The van der Waals surface area contributed by atoms with E-state index in [1.807, 2.05) is 12.3 Å². The minimum Gasteiger partial charge on any atom is -0.480 e. The highest BCUT2D eigenvalue weighted by Crippen LogP contribution is 2.26. The molecular weight excluding hydrogens is 254 g/mol. The lowest BCUT2D eigenvalue weighted by Crippen LogP contribution is -2.12. The molecule has 3 rings (SSSR count). The van der Waals surface area contributed by atoms with Gasteiger partial charge in [-0.05, 0) is 25.3 Å². The van der Waals surface area contributed by atoms with E-state index in [0.29, 0.717) is 17.4 Å². The van der Waals surface area contributed by atoms with Crippen LogP contribution in [0.4, 0.5) is 0 Å². The molecule has 0 aromatic carbocycles. The quantitative estimate of drug-likeness (QED) is 0.836. The Labute approximate surface area is 117 Å². The van der Waals surface area contributed by atoms with E-state index in [4.69, 9.17) is 10.5 Å². The van der Waals surface area contributed by atoms with E-state index >= 15 is 0 Å². The first-order valence-corrected chi connectivity index (χ1v) is 6.77. The summed E-state index contributed by atoms with van der Waals surface area (Å²) in [6, 6.07) is 3.61. The molecule has 1 atom stereocenters. The first kappa shape index (κ1) is 12.9. The van der Waals surface area contributed by atoms with E-state index in [0.717, 1.165) is 36.9 Å². The molecular formula is C14H17N5O. The summed E-state index contributed by atoms with van der Waals surface area (Å²) in [5.74, 6) is 1.07. The van der Waals surface area contributed by atoms with Crippen LogP contribution in [0.2, 0.25) is 0 Å². The van der Waals surface area contributed by atoms with Gasteiger partial charge in [-0.2, -0.15) is 0 Å². The summed E-state index contributed by atoms with van der Waals surface area (Å²) in [6.45, 7) is 0. The zero-order valence-corrected chi connectivity index (χ0v) is 11.4. The number of fused-ring (bicyclic) bond motifs is 1. The minimum absolute atomic E-state index is 0.0449. The van der Waals surface area contributed by atoms with E-state index in [-0.39, 0.29) is 6.04 Å². The Morgan fingerprint density at radius 3 is 2.90 bits per heavy atom. The molecule has 104 valence electrons. The van der Waals surface area contributed by atoms with Crippen LogP contribution in [0.5, 0.6) is 5.88 Å². The van der Waals surface area contributed by atoms with Gasteiger partial charge in [0, 0.05) is 29.6 Å². The summed E-state index contributed by atoms with van der Waals surface area (Å²) in [5, 5.41) is 8.02. The van der Waals surface area contributed by atoms with E-state index in [1.165, 1.54) is 0 Å². The maximum Gasteiger partial charge on any atom is 0.233 e. The lowest BCUT2D eigenvalue weighted by molar-refractivity contribution is 0.392. The number of nitrogens with two attached hydrogens (primary N) is 1.